The standard InChI is InChI=1S/C14H18F4O2/c1-9-3-4-11(5-10(9)2)6-12(19)7-20-8-14(17,18)13(15)16/h3-5,12-13,19H,6-8H2,1-2H3. The highest BCUT2D eigenvalue weighted by Gasteiger charge is 2.41. The number of aryl methyl sites for hydroxylation is 2. The molecule has 1 unspecified atom stereocenters. The van der Waals surface area contributed by atoms with E-state index in [-0.39, 0.29) is 6.42 Å². The summed E-state index contributed by atoms with van der Waals surface area (Å²) in [5, 5.41) is 9.64. The maximum absolute atomic E-state index is 12.6. The van der Waals surface area contributed by atoms with Crippen molar-refractivity contribution in [2.24, 2.45) is 0 Å². The molecule has 20 heavy (non-hydrogen) atoms. The SMILES string of the molecule is Cc1ccc(CC(O)COCC(F)(F)C(F)F)cc1C. The lowest BCUT2D eigenvalue weighted by Gasteiger charge is -2.17. The van der Waals surface area contributed by atoms with E-state index in [1.165, 1.54) is 0 Å². The Morgan fingerprint density at radius 2 is 1.85 bits per heavy atom. The summed E-state index contributed by atoms with van der Waals surface area (Å²) < 4.78 is 53.3. The van der Waals surface area contributed by atoms with Crippen molar-refractivity contribution in [2.75, 3.05) is 13.2 Å². The van der Waals surface area contributed by atoms with Crippen molar-refractivity contribution < 1.29 is 27.4 Å². The zero-order valence-corrected chi connectivity index (χ0v) is 11.4. The van der Waals surface area contributed by atoms with Crippen molar-refractivity contribution in [1.29, 1.82) is 0 Å². The lowest BCUT2D eigenvalue weighted by Crippen LogP contribution is -2.34. The largest absolute Gasteiger partial charge is 0.390 e. The fourth-order valence-electron chi connectivity index (χ4n) is 1.66. The van der Waals surface area contributed by atoms with Gasteiger partial charge in [-0.3, -0.25) is 0 Å². The van der Waals surface area contributed by atoms with E-state index in [0.29, 0.717) is 0 Å². The number of halogens is 4. The van der Waals surface area contributed by atoms with Gasteiger partial charge in [0.25, 0.3) is 0 Å². The molecule has 2 nitrogen and oxygen atoms in total. The third-order valence-electron chi connectivity index (χ3n) is 2.97. The van der Waals surface area contributed by atoms with Crippen LogP contribution >= 0.6 is 0 Å². The fourth-order valence-corrected chi connectivity index (χ4v) is 1.66. The first-order valence-electron chi connectivity index (χ1n) is 6.20. The second-order valence-corrected chi connectivity index (χ2v) is 4.85. The minimum atomic E-state index is -4.18. The van der Waals surface area contributed by atoms with Gasteiger partial charge in [-0.15, -0.1) is 0 Å². The second kappa shape index (κ2) is 7.04. The summed E-state index contributed by atoms with van der Waals surface area (Å²) in [6.45, 7) is 2.07. The van der Waals surface area contributed by atoms with Crippen LogP contribution in [0.5, 0.6) is 0 Å². The number of alkyl halides is 4. The lowest BCUT2D eigenvalue weighted by molar-refractivity contribution is -0.170. The summed E-state index contributed by atoms with van der Waals surface area (Å²) in [6, 6.07) is 5.59. The molecule has 0 saturated heterocycles. The molecule has 0 aliphatic heterocycles. The van der Waals surface area contributed by atoms with Crippen LogP contribution in [0, 0.1) is 13.8 Å². The van der Waals surface area contributed by atoms with Crippen LogP contribution in [0.15, 0.2) is 18.2 Å². The van der Waals surface area contributed by atoms with Crippen LogP contribution in [-0.2, 0) is 11.2 Å². The van der Waals surface area contributed by atoms with Crippen molar-refractivity contribution in [3.05, 3.63) is 34.9 Å². The normalized spacial score (nSPS) is 13.8. The van der Waals surface area contributed by atoms with Crippen LogP contribution in [0.1, 0.15) is 16.7 Å². The van der Waals surface area contributed by atoms with Gasteiger partial charge in [-0.1, -0.05) is 18.2 Å². The molecule has 6 heteroatoms. The van der Waals surface area contributed by atoms with Gasteiger partial charge in [-0.25, -0.2) is 8.78 Å². The van der Waals surface area contributed by atoms with Gasteiger partial charge in [0.1, 0.15) is 6.61 Å². The average molecular weight is 294 g/mol. The Kier molecular flexibility index (Phi) is 5.95. The number of hydrogen-bond acceptors (Lipinski definition) is 2. The zero-order chi connectivity index (χ0) is 15.3. The summed E-state index contributed by atoms with van der Waals surface area (Å²) >= 11 is 0. The molecule has 114 valence electrons. The first-order valence-corrected chi connectivity index (χ1v) is 6.20. The molecule has 0 aliphatic rings. The molecule has 0 radical (unpaired) electrons. The van der Waals surface area contributed by atoms with Crippen LogP contribution in [0.2, 0.25) is 0 Å². The fraction of sp³-hybridized carbons (Fsp3) is 0.571. The molecule has 0 bridgehead atoms. The highest BCUT2D eigenvalue weighted by atomic mass is 19.3. The van der Waals surface area contributed by atoms with Crippen LogP contribution in [0.25, 0.3) is 0 Å². The molecule has 0 saturated carbocycles. The van der Waals surface area contributed by atoms with Gasteiger partial charge in [0.15, 0.2) is 0 Å². The quantitative estimate of drug-likeness (QED) is 0.783. The van der Waals surface area contributed by atoms with E-state index in [1.54, 1.807) is 0 Å². The molecule has 0 aliphatic carbocycles. The summed E-state index contributed by atoms with van der Waals surface area (Å²) in [4.78, 5) is 0. The van der Waals surface area contributed by atoms with Gasteiger partial charge in [-0.2, -0.15) is 8.78 Å². The van der Waals surface area contributed by atoms with Gasteiger partial charge in [0.2, 0.25) is 0 Å². The molecule has 1 rings (SSSR count). The molecule has 1 N–H and O–H groups in total. The minimum absolute atomic E-state index is 0.224. The maximum Gasteiger partial charge on any atom is 0.330 e. The summed E-state index contributed by atoms with van der Waals surface area (Å²) in [6.07, 6.45) is -4.55. The molecule has 0 fully saturated rings. The Hall–Kier alpha value is -1.14. The van der Waals surface area contributed by atoms with E-state index in [0.717, 1.165) is 16.7 Å². The van der Waals surface area contributed by atoms with Crippen molar-refractivity contribution in [3.8, 4) is 0 Å². The van der Waals surface area contributed by atoms with E-state index in [1.807, 2.05) is 32.0 Å². The predicted octanol–water partition coefficient (Wildman–Crippen LogP) is 3.12. The average Bonchev–Trinajstić information content (AvgIpc) is 2.33. The summed E-state index contributed by atoms with van der Waals surface area (Å²) in [5.74, 6) is -4.18. The first kappa shape index (κ1) is 16.9. The van der Waals surface area contributed by atoms with Crippen molar-refractivity contribution in [1.82, 2.24) is 0 Å². The molecular formula is C14H18F4O2. The van der Waals surface area contributed by atoms with E-state index < -0.39 is 31.7 Å². The lowest BCUT2D eigenvalue weighted by atomic mass is 10.0. The zero-order valence-electron chi connectivity index (χ0n) is 11.4. The summed E-state index contributed by atoms with van der Waals surface area (Å²) in [7, 11) is 0. The number of aliphatic hydroxyl groups excluding tert-OH is 1. The van der Waals surface area contributed by atoms with Crippen molar-refractivity contribution in [2.45, 2.75) is 38.7 Å². The topological polar surface area (TPSA) is 29.5 Å². The monoisotopic (exact) mass is 294 g/mol. The Bertz CT molecular complexity index is 435. The van der Waals surface area contributed by atoms with Gasteiger partial charge in [0, 0.05) is 6.42 Å². The highest BCUT2D eigenvalue weighted by Crippen LogP contribution is 2.23. The molecule has 0 spiro atoms. The smallest absolute Gasteiger partial charge is 0.330 e. The predicted molar refractivity (Wildman–Crippen MR) is 67.4 cm³/mol. The van der Waals surface area contributed by atoms with E-state index in [9.17, 15) is 22.7 Å². The third kappa shape index (κ3) is 5.09. The Balaban J connectivity index is 2.40. The maximum atomic E-state index is 12.6. The summed E-state index contributed by atoms with van der Waals surface area (Å²) in [5.41, 5.74) is 3.00. The number of hydrogen-bond donors (Lipinski definition) is 1. The number of ether oxygens (including phenoxy) is 1. The van der Waals surface area contributed by atoms with E-state index >= 15 is 0 Å². The molecule has 0 aromatic heterocycles. The number of aliphatic hydroxyl groups is 1. The van der Waals surface area contributed by atoms with Gasteiger partial charge >= 0.3 is 12.3 Å². The van der Waals surface area contributed by atoms with Gasteiger partial charge < -0.3 is 9.84 Å². The third-order valence-corrected chi connectivity index (χ3v) is 2.97. The van der Waals surface area contributed by atoms with Crippen molar-refractivity contribution in [3.63, 3.8) is 0 Å². The van der Waals surface area contributed by atoms with Crippen LogP contribution in [0.4, 0.5) is 17.6 Å². The molecule has 0 amide bonds. The van der Waals surface area contributed by atoms with Gasteiger partial charge in [0.05, 0.1) is 12.7 Å². The van der Waals surface area contributed by atoms with Crippen molar-refractivity contribution >= 4 is 0 Å². The Morgan fingerprint density at radius 1 is 1.20 bits per heavy atom. The van der Waals surface area contributed by atoms with Crippen LogP contribution in [0.3, 0.4) is 0 Å². The number of benzene rings is 1. The van der Waals surface area contributed by atoms with Gasteiger partial charge in [-0.05, 0) is 30.5 Å². The second-order valence-electron chi connectivity index (χ2n) is 4.85. The molecule has 1 atom stereocenters. The van der Waals surface area contributed by atoms with E-state index in [2.05, 4.69) is 4.74 Å². The van der Waals surface area contributed by atoms with Crippen LogP contribution < -0.4 is 0 Å². The molecule has 0 heterocycles. The van der Waals surface area contributed by atoms with E-state index in [4.69, 9.17) is 0 Å². The highest BCUT2D eigenvalue weighted by molar-refractivity contribution is 5.30. The molecule has 1 aromatic carbocycles. The Morgan fingerprint density at radius 3 is 2.40 bits per heavy atom. The number of rotatable bonds is 7. The first-order chi connectivity index (χ1) is 9.22. The Labute approximate surface area is 115 Å². The molecular weight excluding hydrogens is 276 g/mol. The van der Waals surface area contributed by atoms with Crippen LogP contribution in [-0.4, -0.2) is 36.8 Å². The molecule has 1 aromatic rings. The minimum Gasteiger partial charge on any atom is -0.390 e.